The Morgan fingerprint density at radius 2 is 1.46 bits per heavy atom. The standard InChI is InChI=1S/C28H21F6N3O4/c1-16-2-10-20(11-3-16)37-24(27(29,30)31)22(15-35-37)25(38)36-23(26(39)40)14-17-4-6-18(7-5-17)19-8-12-21(13-9-19)41-28(32,33)34/h2-13,15,23H,14H2,1H3,(H,36,38)(H,39,40)/t23-/m0/s1. The molecule has 0 bridgehead atoms. The highest BCUT2D eigenvalue weighted by Crippen LogP contribution is 2.34. The van der Waals surface area contributed by atoms with Crippen LogP contribution in [0.25, 0.3) is 16.8 Å². The van der Waals surface area contributed by atoms with E-state index in [1.807, 2.05) is 0 Å². The molecule has 1 atom stereocenters. The summed E-state index contributed by atoms with van der Waals surface area (Å²) < 4.78 is 83.4. The van der Waals surface area contributed by atoms with Crippen molar-refractivity contribution in [3.05, 3.63) is 101 Å². The average Bonchev–Trinajstić information content (AvgIpc) is 3.35. The molecule has 0 aliphatic rings. The molecule has 13 heteroatoms. The van der Waals surface area contributed by atoms with Crippen LogP contribution in [0.4, 0.5) is 26.3 Å². The van der Waals surface area contributed by atoms with Gasteiger partial charge in [-0.2, -0.15) is 18.3 Å². The lowest BCUT2D eigenvalue weighted by Gasteiger charge is -2.16. The Morgan fingerprint density at radius 1 is 0.902 bits per heavy atom. The molecule has 1 aromatic heterocycles. The summed E-state index contributed by atoms with van der Waals surface area (Å²) in [5.74, 6) is -3.13. The van der Waals surface area contributed by atoms with Crippen LogP contribution < -0.4 is 10.1 Å². The number of amides is 1. The maximum Gasteiger partial charge on any atom is 0.573 e. The number of carboxylic acid groups (broad SMARTS) is 1. The smallest absolute Gasteiger partial charge is 0.480 e. The number of alkyl halides is 6. The third-order valence-corrected chi connectivity index (χ3v) is 5.98. The third kappa shape index (κ3) is 7.24. The summed E-state index contributed by atoms with van der Waals surface area (Å²) in [6, 6.07) is 15.8. The van der Waals surface area contributed by atoms with E-state index in [9.17, 15) is 41.0 Å². The first-order valence-corrected chi connectivity index (χ1v) is 11.9. The maximum atomic E-state index is 14.0. The number of nitrogens with zero attached hydrogens (tertiary/aromatic N) is 2. The zero-order chi connectivity index (χ0) is 29.9. The van der Waals surface area contributed by atoms with Gasteiger partial charge in [0.1, 0.15) is 11.8 Å². The number of carbonyl (C=O) groups excluding carboxylic acids is 1. The number of nitrogens with one attached hydrogen (secondary N) is 1. The molecular weight excluding hydrogens is 556 g/mol. The van der Waals surface area contributed by atoms with Crippen molar-refractivity contribution in [3.63, 3.8) is 0 Å². The van der Waals surface area contributed by atoms with Crippen molar-refractivity contribution in [2.75, 3.05) is 0 Å². The van der Waals surface area contributed by atoms with Gasteiger partial charge in [0.05, 0.1) is 17.4 Å². The molecule has 0 saturated carbocycles. The van der Waals surface area contributed by atoms with Crippen molar-refractivity contribution in [1.29, 1.82) is 0 Å². The van der Waals surface area contributed by atoms with Gasteiger partial charge in [-0.3, -0.25) is 4.79 Å². The zero-order valence-corrected chi connectivity index (χ0v) is 21.1. The molecule has 0 spiro atoms. The van der Waals surface area contributed by atoms with Gasteiger partial charge in [0.2, 0.25) is 0 Å². The Bertz CT molecular complexity index is 1530. The molecule has 0 unspecified atom stereocenters. The quantitative estimate of drug-likeness (QED) is 0.244. The molecule has 1 amide bonds. The largest absolute Gasteiger partial charge is 0.573 e. The lowest BCUT2D eigenvalue weighted by Crippen LogP contribution is -2.42. The maximum absolute atomic E-state index is 14.0. The lowest BCUT2D eigenvalue weighted by atomic mass is 10.0. The molecule has 0 radical (unpaired) electrons. The normalized spacial score (nSPS) is 12.6. The lowest BCUT2D eigenvalue weighted by molar-refractivity contribution is -0.274. The number of rotatable bonds is 8. The van der Waals surface area contributed by atoms with Gasteiger partial charge in [0.15, 0.2) is 5.69 Å². The number of aryl methyl sites for hydroxylation is 1. The first-order valence-electron chi connectivity index (χ1n) is 11.9. The molecule has 2 N–H and O–H groups in total. The van der Waals surface area contributed by atoms with E-state index in [1.165, 1.54) is 36.4 Å². The highest BCUT2D eigenvalue weighted by Gasteiger charge is 2.41. The van der Waals surface area contributed by atoms with Crippen LogP contribution in [0.3, 0.4) is 0 Å². The molecule has 0 saturated heterocycles. The summed E-state index contributed by atoms with van der Waals surface area (Å²) >= 11 is 0. The molecule has 214 valence electrons. The summed E-state index contributed by atoms with van der Waals surface area (Å²) in [7, 11) is 0. The summed E-state index contributed by atoms with van der Waals surface area (Å²) in [6.45, 7) is 1.75. The number of hydrogen-bond donors (Lipinski definition) is 2. The summed E-state index contributed by atoms with van der Waals surface area (Å²) in [4.78, 5) is 24.7. The molecule has 41 heavy (non-hydrogen) atoms. The predicted octanol–water partition coefficient (Wildman–Crippen LogP) is 6.19. The monoisotopic (exact) mass is 577 g/mol. The van der Waals surface area contributed by atoms with Gasteiger partial charge in [0.25, 0.3) is 5.91 Å². The number of halogens is 6. The first-order chi connectivity index (χ1) is 19.2. The van der Waals surface area contributed by atoms with Gasteiger partial charge < -0.3 is 15.2 Å². The Hall–Kier alpha value is -4.81. The highest BCUT2D eigenvalue weighted by atomic mass is 19.4. The van der Waals surface area contributed by atoms with Crippen LogP contribution in [0.2, 0.25) is 0 Å². The molecule has 0 fully saturated rings. The van der Waals surface area contributed by atoms with Crippen LogP contribution in [0.5, 0.6) is 5.75 Å². The fourth-order valence-corrected chi connectivity index (χ4v) is 4.02. The highest BCUT2D eigenvalue weighted by molar-refractivity contribution is 5.97. The average molecular weight is 577 g/mol. The van der Waals surface area contributed by atoms with Gasteiger partial charge in [0, 0.05) is 6.42 Å². The van der Waals surface area contributed by atoms with Gasteiger partial charge >= 0.3 is 18.5 Å². The van der Waals surface area contributed by atoms with Crippen molar-refractivity contribution < 1.29 is 45.8 Å². The van der Waals surface area contributed by atoms with Crippen LogP contribution in [-0.2, 0) is 17.4 Å². The molecule has 0 aliphatic carbocycles. The molecular formula is C28H21F6N3O4. The Labute approximate surface area is 229 Å². The molecule has 0 aliphatic heterocycles. The SMILES string of the molecule is Cc1ccc(-n2ncc(C(=O)N[C@@H](Cc3ccc(-c4ccc(OC(F)(F)F)cc4)cc3)C(=O)O)c2C(F)(F)F)cc1. The Kier molecular flexibility index (Phi) is 8.08. The van der Waals surface area contributed by atoms with Crippen molar-refractivity contribution in [1.82, 2.24) is 15.1 Å². The summed E-state index contributed by atoms with van der Waals surface area (Å²) in [6.07, 6.45) is -9.32. The number of ether oxygens (including phenoxy) is 1. The summed E-state index contributed by atoms with van der Waals surface area (Å²) in [5.41, 5.74) is 0.278. The van der Waals surface area contributed by atoms with Crippen molar-refractivity contribution in [3.8, 4) is 22.6 Å². The van der Waals surface area contributed by atoms with E-state index in [-0.39, 0.29) is 12.1 Å². The van der Waals surface area contributed by atoms with E-state index in [1.54, 1.807) is 31.2 Å². The molecule has 4 rings (SSSR count). The zero-order valence-electron chi connectivity index (χ0n) is 21.1. The Morgan fingerprint density at radius 3 is 1.98 bits per heavy atom. The minimum Gasteiger partial charge on any atom is -0.480 e. The van der Waals surface area contributed by atoms with Crippen molar-refractivity contribution >= 4 is 11.9 Å². The Balaban J connectivity index is 1.50. The number of carbonyl (C=O) groups is 2. The van der Waals surface area contributed by atoms with Gasteiger partial charge in [-0.25, -0.2) is 9.48 Å². The van der Waals surface area contributed by atoms with E-state index >= 15 is 0 Å². The second-order valence-electron chi connectivity index (χ2n) is 8.99. The molecule has 7 nitrogen and oxygen atoms in total. The number of benzene rings is 3. The number of hydrogen-bond acceptors (Lipinski definition) is 4. The summed E-state index contributed by atoms with van der Waals surface area (Å²) in [5, 5.41) is 15.5. The predicted molar refractivity (Wildman–Crippen MR) is 134 cm³/mol. The number of aromatic nitrogens is 2. The first kappa shape index (κ1) is 29.2. The van der Waals surface area contributed by atoms with Crippen molar-refractivity contribution in [2.45, 2.75) is 31.9 Å². The minimum absolute atomic E-state index is 0.0689. The van der Waals surface area contributed by atoms with Crippen LogP contribution in [0, 0.1) is 6.92 Å². The van der Waals surface area contributed by atoms with E-state index in [2.05, 4.69) is 15.2 Å². The molecule has 1 heterocycles. The van der Waals surface area contributed by atoms with E-state index < -0.39 is 47.5 Å². The molecule has 4 aromatic rings. The van der Waals surface area contributed by atoms with Gasteiger partial charge in [-0.1, -0.05) is 54.1 Å². The second-order valence-corrected chi connectivity index (χ2v) is 8.99. The van der Waals surface area contributed by atoms with Crippen LogP contribution in [-0.4, -0.2) is 39.2 Å². The van der Waals surface area contributed by atoms with Crippen LogP contribution in [0.15, 0.2) is 79.0 Å². The fraction of sp³-hybridized carbons (Fsp3) is 0.179. The third-order valence-electron chi connectivity index (χ3n) is 5.98. The van der Waals surface area contributed by atoms with E-state index in [0.29, 0.717) is 21.4 Å². The molecule has 3 aromatic carbocycles. The van der Waals surface area contributed by atoms with E-state index in [4.69, 9.17) is 0 Å². The van der Waals surface area contributed by atoms with Gasteiger partial charge in [-0.15, -0.1) is 13.2 Å². The number of aliphatic carboxylic acids is 1. The van der Waals surface area contributed by atoms with Crippen LogP contribution >= 0.6 is 0 Å². The number of carboxylic acids is 1. The minimum atomic E-state index is -4.97. The van der Waals surface area contributed by atoms with E-state index in [0.717, 1.165) is 23.9 Å². The fourth-order valence-electron chi connectivity index (χ4n) is 4.02. The topological polar surface area (TPSA) is 93.5 Å². The second kappa shape index (κ2) is 11.4. The van der Waals surface area contributed by atoms with Gasteiger partial charge in [-0.05, 0) is 47.9 Å². The van der Waals surface area contributed by atoms with Crippen LogP contribution in [0.1, 0.15) is 27.2 Å². The van der Waals surface area contributed by atoms with Crippen molar-refractivity contribution in [2.24, 2.45) is 0 Å².